The summed E-state index contributed by atoms with van der Waals surface area (Å²) in [5.74, 6) is -0.432. The van der Waals surface area contributed by atoms with Gasteiger partial charge >= 0.3 is 10.2 Å². The number of piperazine rings is 1. The fourth-order valence-corrected chi connectivity index (χ4v) is 6.82. The first-order chi connectivity index (χ1) is 19.7. The van der Waals surface area contributed by atoms with Crippen LogP contribution in [0.15, 0.2) is 71.6 Å². The van der Waals surface area contributed by atoms with Crippen LogP contribution in [0.2, 0.25) is 5.02 Å². The number of nitrogens with zero attached hydrogens (tertiary/aromatic N) is 5. The highest BCUT2D eigenvalue weighted by Crippen LogP contribution is 2.42. The van der Waals surface area contributed by atoms with Gasteiger partial charge in [-0.1, -0.05) is 61.9 Å². The molecule has 1 unspecified atom stereocenters. The average molecular weight is 596 g/mol. The Bertz CT molecular complexity index is 1640. The highest BCUT2D eigenvalue weighted by molar-refractivity contribution is 7.92. The number of hydrogen-bond donors (Lipinski definition) is 0. The molecule has 8 nitrogen and oxygen atoms in total. The Morgan fingerprint density at radius 1 is 1.15 bits per heavy atom. The maximum Gasteiger partial charge on any atom is 0.352 e. The van der Waals surface area contributed by atoms with E-state index in [4.69, 9.17) is 16.6 Å². The molecule has 0 spiro atoms. The average Bonchev–Trinajstić information content (AvgIpc) is 2.96. The zero-order valence-corrected chi connectivity index (χ0v) is 24.5. The van der Waals surface area contributed by atoms with E-state index in [0.717, 1.165) is 22.7 Å². The molecule has 3 aromatic rings. The van der Waals surface area contributed by atoms with E-state index in [1.54, 1.807) is 41.3 Å². The molecule has 0 bridgehead atoms. The lowest BCUT2D eigenvalue weighted by Crippen LogP contribution is -2.56. The Labute approximate surface area is 245 Å². The number of pyridine rings is 1. The lowest BCUT2D eigenvalue weighted by Gasteiger charge is -2.42. The summed E-state index contributed by atoms with van der Waals surface area (Å²) in [6.07, 6.45) is 3.73. The van der Waals surface area contributed by atoms with Crippen LogP contribution in [0.3, 0.4) is 0 Å². The first-order valence-electron chi connectivity index (χ1n) is 13.5. The number of halogens is 2. The number of rotatable bonds is 6. The van der Waals surface area contributed by atoms with Crippen molar-refractivity contribution in [3.8, 4) is 11.3 Å². The fourth-order valence-electron chi connectivity index (χ4n) is 5.28. The summed E-state index contributed by atoms with van der Waals surface area (Å²) in [4.78, 5) is 20.5. The Hall–Kier alpha value is -3.76. The van der Waals surface area contributed by atoms with Gasteiger partial charge in [-0.05, 0) is 55.7 Å². The topological polar surface area (TPSA) is 86.2 Å². The lowest BCUT2D eigenvalue weighted by atomic mass is 10.0. The number of benzene rings is 2. The number of hydrogen-bond acceptors (Lipinski definition) is 5. The van der Waals surface area contributed by atoms with Gasteiger partial charge in [-0.2, -0.15) is 8.42 Å². The van der Waals surface area contributed by atoms with Gasteiger partial charge in [0.05, 0.1) is 22.0 Å². The Morgan fingerprint density at radius 3 is 2.59 bits per heavy atom. The minimum atomic E-state index is -4.33. The van der Waals surface area contributed by atoms with Crippen LogP contribution in [0.1, 0.15) is 37.8 Å². The second kappa shape index (κ2) is 11.6. The van der Waals surface area contributed by atoms with Gasteiger partial charge in [0.15, 0.2) is 11.7 Å². The Balaban J connectivity index is 1.71. The second-order valence-corrected chi connectivity index (χ2v) is 11.9. The predicted octanol–water partition coefficient (Wildman–Crippen LogP) is 5.75. The van der Waals surface area contributed by atoms with Crippen LogP contribution in [-0.2, 0) is 21.4 Å². The van der Waals surface area contributed by atoms with E-state index in [1.165, 1.54) is 12.1 Å². The Kier molecular flexibility index (Phi) is 8.15. The third-order valence-electron chi connectivity index (χ3n) is 7.35. The van der Waals surface area contributed by atoms with Crippen LogP contribution in [0, 0.1) is 5.82 Å². The molecule has 2 aliphatic rings. The quantitative estimate of drug-likeness (QED) is 0.339. The Morgan fingerprint density at radius 2 is 1.88 bits per heavy atom. The number of anilines is 2. The summed E-state index contributed by atoms with van der Waals surface area (Å²) in [7, 11) is -4.33. The number of carbonyl (C=O) groups excluding carboxylic acids is 1. The number of amidine groups is 1. The maximum absolute atomic E-state index is 14.9. The number of para-hydroxylation sites is 1. The number of fused-ring (bicyclic) bond motifs is 1. The van der Waals surface area contributed by atoms with E-state index >= 15 is 0 Å². The first-order valence-corrected chi connectivity index (χ1v) is 15.3. The fraction of sp³-hybridized carbons (Fsp3) is 0.300. The summed E-state index contributed by atoms with van der Waals surface area (Å²) in [5, 5.41) is 0.160. The minimum absolute atomic E-state index is 0.0957. The summed E-state index contributed by atoms with van der Waals surface area (Å²) in [6.45, 7) is 8.59. The number of aryl methyl sites for hydroxylation is 1. The smallest absolute Gasteiger partial charge is 0.349 e. The monoisotopic (exact) mass is 595 g/mol. The zero-order valence-electron chi connectivity index (χ0n) is 22.9. The van der Waals surface area contributed by atoms with E-state index in [2.05, 4.69) is 17.9 Å². The van der Waals surface area contributed by atoms with Crippen molar-refractivity contribution in [2.24, 2.45) is 4.40 Å². The molecule has 41 heavy (non-hydrogen) atoms. The van der Waals surface area contributed by atoms with Crippen LogP contribution >= 0.6 is 11.6 Å². The van der Waals surface area contributed by atoms with Crippen LogP contribution in [0.5, 0.6) is 0 Å². The van der Waals surface area contributed by atoms with Crippen molar-refractivity contribution < 1.29 is 17.6 Å². The van der Waals surface area contributed by atoms with E-state index in [1.807, 2.05) is 24.0 Å². The van der Waals surface area contributed by atoms with Gasteiger partial charge in [0.25, 0.3) is 0 Å². The van der Waals surface area contributed by atoms with Crippen molar-refractivity contribution in [2.75, 3.05) is 23.9 Å². The molecule has 1 saturated heterocycles. The van der Waals surface area contributed by atoms with Crippen molar-refractivity contribution in [3.05, 3.63) is 89.2 Å². The molecule has 3 heterocycles. The molecule has 11 heteroatoms. The van der Waals surface area contributed by atoms with Crippen LogP contribution in [-0.4, -0.2) is 60.6 Å². The van der Waals surface area contributed by atoms with E-state index in [0.29, 0.717) is 37.3 Å². The van der Waals surface area contributed by atoms with Crippen molar-refractivity contribution >= 4 is 45.1 Å². The zero-order chi connectivity index (χ0) is 29.3. The molecule has 1 amide bonds. The van der Waals surface area contributed by atoms with Crippen LogP contribution < -0.4 is 4.31 Å². The highest BCUT2D eigenvalue weighted by atomic mass is 35.5. The number of amides is 1. The van der Waals surface area contributed by atoms with Crippen molar-refractivity contribution in [1.29, 1.82) is 0 Å². The molecule has 5 rings (SSSR count). The van der Waals surface area contributed by atoms with Gasteiger partial charge in [0.1, 0.15) is 5.82 Å². The second-order valence-electron chi connectivity index (χ2n) is 10.1. The minimum Gasteiger partial charge on any atom is -0.349 e. The van der Waals surface area contributed by atoms with Crippen molar-refractivity contribution in [1.82, 2.24) is 14.8 Å². The molecule has 2 aliphatic heterocycles. The largest absolute Gasteiger partial charge is 0.352 e. The highest BCUT2D eigenvalue weighted by Gasteiger charge is 2.40. The molecule has 0 radical (unpaired) electrons. The third kappa shape index (κ3) is 5.46. The summed E-state index contributed by atoms with van der Waals surface area (Å²) in [6, 6.07) is 14.7. The van der Waals surface area contributed by atoms with E-state index < -0.39 is 16.0 Å². The van der Waals surface area contributed by atoms with Gasteiger partial charge in [-0.15, -0.1) is 4.40 Å². The molecule has 0 N–H and O–H groups in total. The summed E-state index contributed by atoms with van der Waals surface area (Å²) in [5.41, 5.74) is 1.97. The van der Waals surface area contributed by atoms with E-state index in [9.17, 15) is 17.6 Å². The van der Waals surface area contributed by atoms with Gasteiger partial charge in [0, 0.05) is 31.2 Å². The van der Waals surface area contributed by atoms with Crippen LogP contribution in [0.4, 0.5) is 15.9 Å². The molecule has 1 aromatic heterocycles. The van der Waals surface area contributed by atoms with Gasteiger partial charge in [0.2, 0.25) is 5.91 Å². The summed E-state index contributed by atoms with van der Waals surface area (Å²) < 4.78 is 48.4. The molecular weight excluding hydrogens is 565 g/mol. The molecule has 1 fully saturated rings. The maximum atomic E-state index is 14.9. The molecule has 2 aromatic carbocycles. The number of carbonyl (C=O) groups is 1. The third-order valence-corrected chi connectivity index (χ3v) is 8.87. The summed E-state index contributed by atoms with van der Waals surface area (Å²) >= 11 is 6.72. The standard InChI is InChI=1S/C30H31ClFN5O3S/c1-4-6-11-21-12-7-10-15-26(21)37-29-23(18-24(31)28(33-29)22-13-8-9-14-25(22)32)30(34-41(37,39)40)36-17-16-35(19-20(36)3)27(38)5-2/h5,7-10,12-15,18,20H,2,4,6,11,16-17,19H2,1,3H3. The lowest BCUT2D eigenvalue weighted by molar-refractivity contribution is -0.128. The predicted molar refractivity (Wildman–Crippen MR) is 160 cm³/mol. The molecule has 214 valence electrons. The molecule has 1 atom stereocenters. The van der Waals surface area contributed by atoms with Gasteiger partial charge in [-0.25, -0.2) is 13.7 Å². The van der Waals surface area contributed by atoms with Gasteiger partial charge in [-0.3, -0.25) is 4.79 Å². The molecule has 0 saturated carbocycles. The molecular formula is C30H31ClFN5O3S. The van der Waals surface area contributed by atoms with Crippen LogP contribution in [0.25, 0.3) is 11.3 Å². The van der Waals surface area contributed by atoms with E-state index in [-0.39, 0.29) is 39.9 Å². The number of unbranched alkanes of at least 4 members (excludes halogenated alkanes) is 1. The van der Waals surface area contributed by atoms with Crippen molar-refractivity contribution in [2.45, 2.75) is 39.2 Å². The van der Waals surface area contributed by atoms with Crippen molar-refractivity contribution in [3.63, 3.8) is 0 Å². The molecule has 0 aliphatic carbocycles. The number of aromatic nitrogens is 1. The van der Waals surface area contributed by atoms with Gasteiger partial charge < -0.3 is 9.80 Å². The first kappa shape index (κ1) is 28.8. The normalized spacial score (nSPS) is 18.1. The SMILES string of the molecule is C=CC(=O)N1CCN(C2=NS(=O)(=O)N(c3ccccc3CCCC)c3nc(-c4ccccc4F)c(Cl)cc32)C(C)C1.